The molecule has 1 unspecified atom stereocenters. The van der Waals surface area contributed by atoms with E-state index in [1.807, 2.05) is 48.5 Å². The molecule has 3 aliphatic rings. The van der Waals surface area contributed by atoms with E-state index in [1.165, 1.54) is 11.1 Å². The van der Waals surface area contributed by atoms with Crippen molar-refractivity contribution in [3.63, 3.8) is 0 Å². The molecule has 1 aromatic heterocycles. The maximum atomic E-state index is 12.6. The fourth-order valence-electron chi connectivity index (χ4n) is 3.19. The third kappa shape index (κ3) is 3.54. The molecule has 0 spiro atoms. The molecule has 0 radical (unpaired) electrons. The van der Waals surface area contributed by atoms with E-state index in [4.69, 9.17) is 6.42 Å². The molecule has 0 N–H and O–H groups in total. The lowest BCUT2D eigenvalue weighted by molar-refractivity contribution is 0.212. The summed E-state index contributed by atoms with van der Waals surface area (Å²) in [4.78, 5) is 20.3. The van der Waals surface area contributed by atoms with Crippen LogP contribution in [0.2, 0.25) is 0 Å². The SMILES string of the molecule is C#CC(c1ccccn1)N1CCN(c2ccccc2)C1=O.c1cc2cc-2c1. The maximum Gasteiger partial charge on any atom is 0.325 e. The van der Waals surface area contributed by atoms with E-state index in [0.717, 1.165) is 11.4 Å². The molecule has 0 bridgehead atoms. The third-order valence-corrected chi connectivity index (χ3v) is 4.66. The van der Waals surface area contributed by atoms with E-state index in [9.17, 15) is 4.79 Å². The monoisotopic (exact) mass is 353 g/mol. The summed E-state index contributed by atoms with van der Waals surface area (Å²) in [6, 6.07) is 23.2. The molecule has 0 saturated carbocycles. The van der Waals surface area contributed by atoms with Crippen LogP contribution >= 0.6 is 0 Å². The van der Waals surface area contributed by atoms with E-state index in [0.29, 0.717) is 13.1 Å². The molecule has 4 nitrogen and oxygen atoms in total. The standard InChI is InChI=1S/C17H15N3O.C6H4/c1-2-16(15-10-6-7-11-18-15)20-13-12-19(17(20)21)14-8-4-3-5-9-14;1-2-5-4-6(5)3-1/h1,3-11,16H,12-13H2;1-4H. The minimum atomic E-state index is -0.424. The second kappa shape index (κ2) is 7.35. The first-order valence-corrected chi connectivity index (χ1v) is 8.88. The number of hydrogen-bond acceptors (Lipinski definition) is 2. The van der Waals surface area contributed by atoms with Crippen molar-refractivity contribution in [1.82, 2.24) is 9.88 Å². The molecule has 2 amide bonds. The summed E-state index contributed by atoms with van der Waals surface area (Å²) in [5.41, 5.74) is 4.47. The van der Waals surface area contributed by atoms with Crippen LogP contribution in [0.5, 0.6) is 0 Å². The highest BCUT2D eigenvalue weighted by atomic mass is 16.2. The molecule has 2 heterocycles. The fourth-order valence-corrected chi connectivity index (χ4v) is 3.19. The predicted octanol–water partition coefficient (Wildman–Crippen LogP) is 4.37. The molecule has 132 valence electrons. The Morgan fingerprint density at radius 3 is 2.22 bits per heavy atom. The predicted molar refractivity (Wildman–Crippen MR) is 107 cm³/mol. The lowest BCUT2D eigenvalue weighted by Crippen LogP contribution is -2.34. The van der Waals surface area contributed by atoms with Crippen LogP contribution in [0, 0.1) is 12.3 Å². The van der Waals surface area contributed by atoms with E-state index >= 15 is 0 Å². The highest BCUT2D eigenvalue weighted by Gasteiger charge is 2.34. The van der Waals surface area contributed by atoms with Gasteiger partial charge in [0.05, 0.1) is 5.69 Å². The van der Waals surface area contributed by atoms with Crippen molar-refractivity contribution in [2.45, 2.75) is 6.04 Å². The largest absolute Gasteiger partial charge is 0.325 e. The van der Waals surface area contributed by atoms with Gasteiger partial charge in [-0.25, -0.2) is 4.79 Å². The van der Waals surface area contributed by atoms with Gasteiger partial charge < -0.3 is 4.90 Å². The number of anilines is 1. The summed E-state index contributed by atoms with van der Waals surface area (Å²) >= 11 is 0. The summed E-state index contributed by atoms with van der Waals surface area (Å²) < 4.78 is 0. The normalized spacial score (nSPS) is 14.9. The van der Waals surface area contributed by atoms with Gasteiger partial charge in [0.1, 0.15) is 6.04 Å². The van der Waals surface area contributed by atoms with Gasteiger partial charge in [-0.1, -0.05) is 48.4 Å². The van der Waals surface area contributed by atoms with E-state index < -0.39 is 6.04 Å². The fraction of sp³-hybridized carbons (Fsp3) is 0.130. The van der Waals surface area contributed by atoms with Crippen molar-refractivity contribution < 1.29 is 4.79 Å². The minimum Gasteiger partial charge on any atom is -0.303 e. The molecule has 5 rings (SSSR count). The van der Waals surface area contributed by atoms with Crippen molar-refractivity contribution in [2.75, 3.05) is 18.0 Å². The molecular weight excluding hydrogens is 334 g/mol. The molecule has 1 aliphatic heterocycles. The van der Waals surface area contributed by atoms with Crippen LogP contribution in [0.4, 0.5) is 10.5 Å². The molecule has 1 aromatic carbocycles. The highest BCUT2D eigenvalue weighted by molar-refractivity contribution is 5.94. The number of terminal acetylenes is 1. The molecule has 1 atom stereocenters. The van der Waals surface area contributed by atoms with Gasteiger partial charge in [-0.05, 0) is 41.5 Å². The average Bonchev–Trinajstić information content (AvgIpc) is 3.14. The topological polar surface area (TPSA) is 36.4 Å². The summed E-state index contributed by atoms with van der Waals surface area (Å²) in [5, 5.41) is 0. The number of benzene rings is 2. The quantitative estimate of drug-likeness (QED) is 0.513. The number of fused-ring (bicyclic) bond motifs is 1. The summed E-state index contributed by atoms with van der Waals surface area (Å²) in [6.45, 7) is 1.23. The van der Waals surface area contributed by atoms with E-state index in [1.54, 1.807) is 16.0 Å². The van der Waals surface area contributed by atoms with Crippen LogP contribution in [0.15, 0.2) is 79.0 Å². The van der Waals surface area contributed by atoms with Gasteiger partial charge in [0, 0.05) is 25.0 Å². The number of amides is 2. The van der Waals surface area contributed by atoms with Crippen LogP contribution in [-0.2, 0) is 0 Å². The minimum absolute atomic E-state index is 0.0743. The van der Waals surface area contributed by atoms with Gasteiger partial charge in [0.2, 0.25) is 0 Å². The smallest absolute Gasteiger partial charge is 0.303 e. The maximum absolute atomic E-state index is 12.6. The van der Waals surface area contributed by atoms with Gasteiger partial charge in [0.15, 0.2) is 0 Å². The zero-order valence-electron chi connectivity index (χ0n) is 14.8. The second-order valence-electron chi connectivity index (χ2n) is 6.37. The Balaban J connectivity index is 0.000000250. The van der Waals surface area contributed by atoms with Crippen molar-refractivity contribution in [1.29, 1.82) is 0 Å². The van der Waals surface area contributed by atoms with Crippen molar-refractivity contribution in [3.8, 4) is 23.5 Å². The molecule has 1 fully saturated rings. The van der Waals surface area contributed by atoms with Crippen LogP contribution in [0.3, 0.4) is 0 Å². The molecule has 2 aliphatic carbocycles. The Morgan fingerprint density at radius 2 is 1.67 bits per heavy atom. The van der Waals surface area contributed by atoms with Crippen LogP contribution in [0.25, 0.3) is 11.1 Å². The van der Waals surface area contributed by atoms with Gasteiger partial charge in [0.25, 0.3) is 0 Å². The van der Waals surface area contributed by atoms with E-state index in [-0.39, 0.29) is 6.03 Å². The molecule has 2 aromatic rings. The lowest BCUT2D eigenvalue weighted by atomic mass is 10.2. The van der Waals surface area contributed by atoms with Crippen molar-refractivity contribution in [2.24, 2.45) is 0 Å². The Bertz CT molecular complexity index is 962. The van der Waals surface area contributed by atoms with Crippen LogP contribution < -0.4 is 4.90 Å². The Hall–Kier alpha value is -3.58. The lowest BCUT2D eigenvalue weighted by Gasteiger charge is -2.23. The number of nitrogens with zero attached hydrogens (tertiary/aromatic N) is 3. The number of hydrogen-bond donors (Lipinski definition) is 0. The van der Waals surface area contributed by atoms with Crippen LogP contribution in [-0.4, -0.2) is 29.0 Å². The number of carbonyl (C=O) groups excluding carboxylic acids is 1. The number of pyridine rings is 1. The summed E-state index contributed by atoms with van der Waals surface area (Å²) in [5.74, 6) is 2.68. The highest BCUT2D eigenvalue weighted by Crippen LogP contribution is 2.32. The Morgan fingerprint density at radius 1 is 0.926 bits per heavy atom. The molecule has 27 heavy (non-hydrogen) atoms. The van der Waals surface area contributed by atoms with Crippen LogP contribution in [0.1, 0.15) is 11.7 Å². The first-order valence-electron chi connectivity index (χ1n) is 8.88. The van der Waals surface area contributed by atoms with E-state index in [2.05, 4.69) is 35.2 Å². The summed E-state index contributed by atoms with van der Waals surface area (Å²) in [6.07, 6.45) is 7.32. The number of urea groups is 1. The third-order valence-electron chi connectivity index (χ3n) is 4.66. The number of carbonyl (C=O) groups is 1. The average molecular weight is 353 g/mol. The van der Waals surface area contributed by atoms with Crippen molar-refractivity contribution >= 4 is 11.7 Å². The molecule has 4 heteroatoms. The van der Waals surface area contributed by atoms with Gasteiger partial charge >= 0.3 is 6.03 Å². The molecule has 1 saturated heterocycles. The Kier molecular flexibility index (Phi) is 4.59. The number of aromatic nitrogens is 1. The first-order chi connectivity index (χ1) is 13.3. The second-order valence-corrected chi connectivity index (χ2v) is 6.37. The molecular formula is C23H19N3O. The summed E-state index contributed by atoms with van der Waals surface area (Å²) in [7, 11) is 0. The zero-order valence-corrected chi connectivity index (χ0v) is 14.8. The van der Waals surface area contributed by atoms with Crippen molar-refractivity contribution in [3.05, 3.63) is 84.7 Å². The number of para-hydroxylation sites is 1. The Labute approximate surface area is 159 Å². The van der Waals surface area contributed by atoms with Gasteiger partial charge in [-0.3, -0.25) is 9.88 Å². The van der Waals surface area contributed by atoms with Gasteiger partial charge in [-0.15, -0.1) is 6.42 Å². The number of rotatable bonds is 3. The van der Waals surface area contributed by atoms with Gasteiger partial charge in [-0.2, -0.15) is 0 Å². The first kappa shape index (κ1) is 16.9. The zero-order chi connectivity index (χ0) is 18.6.